The van der Waals surface area contributed by atoms with Gasteiger partial charge in [0.25, 0.3) is 0 Å². The molecule has 1 N–H and O–H groups in total. The number of carboxylic acid groups (broad SMARTS) is 1. The van der Waals surface area contributed by atoms with Gasteiger partial charge in [0.05, 0.1) is 18.6 Å². The van der Waals surface area contributed by atoms with Crippen LogP contribution in [0.3, 0.4) is 0 Å². The largest absolute Gasteiger partial charge is 0.481 e. The van der Waals surface area contributed by atoms with Crippen LogP contribution >= 0.6 is 0 Å². The molecule has 6 nitrogen and oxygen atoms in total. The van der Waals surface area contributed by atoms with Crippen molar-refractivity contribution in [3.05, 3.63) is 23.7 Å². The number of rotatable bonds is 4. The molecular formula is C15H19NO5. The van der Waals surface area contributed by atoms with E-state index in [9.17, 15) is 9.59 Å². The number of hydrogen-bond acceptors (Lipinski definition) is 4. The highest BCUT2D eigenvalue weighted by Gasteiger charge is 2.47. The molecule has 2 aliphatic heterocycles. The van der Waals surface area contributed by atoms with Gasteiger partial charge in [0.15, 0.2) is 0 Å². The standard InChI is InChI=1S/C15H19NO5/c1-9-2-3-10(21-9)4-5-14(17)16-6-11-12(15(18)19)8-20-13(11)7-16/h2-3,11-13H,4-8H2,1H3,(H,18,19)/t11-,12-,13-/m0/s1. The number of fused-ring (bicyclic) bond motifs is 1. The zero-order valence-electron chi connectivity index (χ0n) is 11.9. The second-order valence-electron chi connectivity index (χ2n) is 5.79. The van der Waals surface area contributed by atoms with Gasteiger partial charge in [-0.3, -0.25) is 9.59 Å². The molecule has 2 aliphatic rings. The SMILES string of the molecule is Cc1ccc(CCC(=O)N2C[C@@H]3[C@H](C2)OC[C@@H]3C(=O)O)o1. The van der Waals surface area contributed by atoms with Crippen LogP contribution in [0.1, 0.15) is 17.9 Å². The Morgan fingerprint density at radius 2 is 2.19 bits per heavy atom. The summed E-state index contributed by atoms with van der Waals surface area (Å²) in [5.41, 5.74) is 0. The van der Waals surface area contributed by atoms with E-state index in [1.54, 1.807) is 4.90 Å². The number of hydrogen-bond donors (Lipinski definition) is 1. The molecule has 1 amide bonds. The summed E-state index contributed by atoms with van der Waals surface area (Å²) in [6.07, 6.45) is 0.826. The highest BCUT2D eigenvalue weighted by molar-refractivity contribution is 5.77. The van der Waals surface area contributed by atoms with Gasteiger partial charge in [0, 0.05) is 31.8 Å². The van der Waals surface area contributed by atoms with E-state index >= 15 is 0 Å². The fraction of sp³-hybridized carbons (Fsp3) is 0.600. The maximum absolute atomic E-state index is 12.2. The van der Waals surface area contributed by atoms with E-state index in [1.165, 1.54) is 0 Å². The Morgan fingerprint density at radius 1 is 1.38 bits per heavy atom. The number of carbonyl (C=O) groups excluding carboxylic acids is 1. The molecule has 3 heterocycles. The van der Waals surface area contributed by atoms with Crippen LogP contribution in [0.25, 0.3) is 0 Å². The van der Waals surface area contributed by atoms with Crippen LogP contribution < -0.4 is 0 Å². The van der Waals surface area contributed by atoms with Crippen molar-refractivity contribution in [2.45, 2.75) is 25.9 Å². The van der Waals surface area contributed by atoms with Gasteiger partial charge in [0.2, 0.25) is 5.91 Å². The van der Waals surface area contributed by atoms with Crippen LogP contribution in [-0.4, -0.2) is 47.7 Å². The van der Waals surface area contributed by atoms with Crippen molar-refractivity contribution in [2.75, 3.05) is 19.7 Å². The van der Waals surface area contributed by atoms with E-state index in [4.69, 9.17) is 14.3 Å². The van der Waals surface area contributed by atoms with Gasteiger partial charge in [-0.1, -0.05) is 0 Å². The molecule has 6 heteroatoms. The Hall–Kier alpha value is -1.82. The number of aryl methyl sites for hydroxylation is 2. The van der Waals surface area contributed by atoms with Gasteiger partial charge < -0.3 is 19.2 Å². The van der Waals surface area contributed by atoms with Crippen LogP contribution in [0.5, 0.6) is 0 Å². The zero-order chi connectivity index (χ0) is 15.0. The Morgan fingerprint density at radius 3 is 2.86 bits per heavy atom. The fourth-order valence-corrected chi connectivity index (χ4v) is 3.18. The molecule has 0 radical (unpaired) electrons. The summed E-state index contributed by atoms with van der Waals surface area (Å²) in [5, 5.41) is 9.14. The number of furan rings is 1. The molecule has 2 fully saturated rings. The topological polar surface area (TPSA) is 80.0 Å². The first-order chi connectivity index (χ1) is 10.0. The number of ether oxygens (including phenoxy) is 1. The molecule has 114 valence electrons. The molecule has 3 atom stereocenters. The van der Waals surface area contributed by atoms with Crippen molar-refractivity contribution in [3.63, 3.8) is 0 Å². The van der Waals surface area contributed by atoms with Crippen molar-refractivity contribution < 1.29 is 23.8 Å². The number of amides is 1. The van der Waals surface area contributed by atoms with Gasteiger partial charge >= 0.3 is 5.97 Å². The van der Waals surface area contributed by atoms with E-state index in [0.717, 1.165) is 11.5 Å². The summed E-state index contributed by atoms with van der Waals surface area (Å²) >= 11 is 0. The minimum atomic E-state index is -0.831. The summed E-state index contributed by atoms with van der Waals surface area (Å²) in [5.74, 6) is 0.289. The van der Waals surface area contributed by atoms with Crippen molar-refractivity contribution >= 4 is 11.9 Å². The van der Waals surface area contributed by atoms with Gasteiger partial charge in [-0.2, -0.15) is 0 Å². The lowest BCUT2D eigenvalue weighted by atomic mass is 9.93. The second kappa shape index (κ2) is 5.52. The van der Waals surface area contributed by atoms with Crippen LogP contribution in [0, 0.1) is 18.8 Å². The van der Waals surface area contributed by atoms with Gasteiger partial charge in [-0.15, -0.1) is 0 Å². The number of carboxylic acids is 1. The Kier molecular flexibility index (Phi) is 3.71. The minimum Gasteiger partial charge on any atom is -0.481 e. The molecule has 0 aliphatic carbocycles. The van der Waals surface area contributed by atoms with E-state index in [2.05, 4.69) is 0 Å². The van der Waals surface area contributed by atoms with Gasteiger partial charge in [0.1, 0.15) is 11.5 Å². The van der Waals surface area contributed by atoms with Crippen molar-refractivity contribution in [2.24, 2.45) is 11.8 Å². The van der Waals surface area contributed by atoms with E-state index in [0.29, 0.717) is 25.9 Å². The lowest BCUT2D eigenvalue weighted by molar-refractivity contribution is -0.143. The maximum atomic E-state index is 12.2. The Balaban J connectivity index is 1.54. The molecular weight excluding hydrogens is 274 g/mol. The van der Waals surface area contributed by atoms with E-state index in [1.807, 2.05) is 19.1 Å². The van der Waals surface area contributed by atoms with Gasteiger partial charge in [-0.25, -0.2) is 0 Å². The average molecular weight is 293 g/mol. The summed E-state index contributed by atoms with van der Waals surface area (Å²) in [6, 6.07) is 3.76. The van der Waals surface area contributed by atoms with Crippen LogP contribution in [-0.2, 0) is 20.7 Å². The lowest BCUT2D eigenvalue weighted by Crippen LogP contribution is -2.32. The number of carbonyl (C=O) groups is 2. The molecule has 21 heavy (non-hydrogen) atoms. The molecule has 3 rings (SSSR count). The number of aliphatic carboxylic acids is 1. The fourth-order valence-electron chi connectivity index (χ4n) is 3.18. The third kappa shape index (κ3) is 2.81. The monoisotopic (exact) mass is 293 g/mol. The van der Waals surface area contributed by atoms with Crippen LogP contribution in [0.15, 0.2) is 16.5 Å². The molecule has 0 bridgehead atoms. The minimum absolute atomic E-state index is 0.0335. The predicted molar refractivity (Wildman–Crippen MR) is 72.7 cm³/mol. The summed E-state index contributed by atoms with van der Waals surface area (Å²) in [6.45, 7) is 3.12. The van der Waals surface area contributed by atoms with Crippen LogP contribution in [0.2, 0.25) is 0 Å². The lowest BCUT2D eigenvalue weighted by Gasteiger charge is -2.18. The quantitative estimate of drug-likeness (QED) is 0.898. The van der Waals surface area contributed by atoms with Crippen molar-refractivity contribution in [1.29, 1.82) is 0 Å². The highest BCUT2D eigenvalue weighted by Crippen LogP contribution is 2.34. The van der Waals surface area contributed by atoms with Crippen molar-refractivity contribution in [1.82, 2.24) is 4.90 Å². The Bertz CT molecular complexity index is 552. The highest BCUT2D eigenvalue weighted by atomic mass is 16.5. The van der Waals surface area contributed by atoms with E-state index in [-0.39, 0.29) is 24.5 Å². The molecule has 1 aromatic heterocycles. The molecule has 0 saturated carbocycles. The third-order valence-corrected chi connectivity index (χ3v) is 4.37. The summed E-state index contributed by atoms with van der Waals surface area (Å²) in [7, 11) is 0. The molecule has 0 aromatic carbocycles. The first-order valence-electron chi connectivity index (χ1n) is 7.22. The number of nitrogens with zero attached hydrogens (tertiary/aromatic N) is 1. The Labute approximate surface area is 122 Å². The first kappa shape index (κ1) is 14.1. The normalized spacial score (nSPS) is 27.9. The van der Waals surface area contributed by atoms with Crippen molar-refractivity contribution in [3.8, 4) is 0 Å². The first-order valence-corrected chi connectivity index (χ1v) is 7.22. The molecule has 2 saturated heterocycles. The smallest absolute Gasteiger partial charge is 0.309 e. The van der Waals surface area contributed by atoms with E-state index < -0.39 is 11.9 Å². The predicted octanol–water partition coefficient (Wildman–Crippen LogP) is 1.08. The number of likely N-dealkylation sites (tertiary alicyclic amines) is 1. The second-order valence-corrected chi connectivity index (χ2v) is 5.79. The summed E-state index contributed by atoms with van der Waals surface area (Å²) in [4.78, 5) is 25.1. The maximum Gasteiger partial charge on any atom is 0.309 e. The van der Waals surface area contributed by atoms with Crippen LogP contribution in [0.4, 0.5) is 0 Å². The molecule has 0 unspecified atom stereocenters. The van der Waals surface area contributed by atoms with Gasteiger partial charge in [-0.05, 0) is 19.1 Å². The molecule has 1 aromatic rings. The molecule has 0 spiro atoms. The third-order valence-electron chi connectivity index (χ3n) is 4.37. The summed E-state index contributed by atoms with van der Waals surface area (Å²) < 4.78 is 11.0. The average Bonchev–Trinajstić information content (AvgIpc) is 3.09. The zero-order valence-corrected chi connectivity index (χ0v) is 11.9.